The quantitative estimate of drug-likeness (QED) is 0.552. The fourth-order valence-electron chi connectivity index (χ4n) is 0.694. The zero-order valence-corrected chi connectivity index (χ0v) is 6.41. The molecule has 9 heavy (non-hydrogen) atoms. The molecule has 0 fully saturated rings. The van der Waals surface area contributed by atoms with Crippen molar-refractivity contribution in [2.75, 3.05) is 24.7 Å². The average Bonchev–Trinajstić information content (AvgIpc) is 1.91. The Morgan fingerprint density at radius 1 is 1.78 bits per heavy atom. The van der Waals surface area contributed by atoms with Gasteiger partial charge < -0.3 is 4.74 Å². The highest BCUT2D eigenvalue weighted by Gasteiger charge is 2.03. The summed E-state index contributed by atoms with van der Waals surface area (Å²) in [5, 5.41) is 0. The van der Waals surface area contributed by atoms with Crippen molar-refractivity contribution in [1.29, 1.82) is 0 Å². The van der Waals surface area contributed by atoms with Crippen molar-refractivity contribution in [3.63, 3.8) is 0 Å². The lowest BCUT2D eigenvalue weighted by molar-refractivity contribution is 0.323. The van der Waals surface area contributed by atoms with E-state index in [1.54, 1.807) is 0 Å². The van der Waals surface area contributed by atoms with Crippen LogP contribution in [0.25, 0.3) is 0 Å². The second-order valence-electron chi connectivity index (χ2n) is 1.76. The van der Waals surface area contributed by atoms with E-state index in [2.05, 4.69) is 4.99 Å². The van der Waals surface area contributed by atoms with Crippen LogP contribution in [-0.2, 0) is 4.74 Å². The Morgan fingerprint density at radius 3 is 3.22 bits per heavy atom. The summed E-state index contributed by atoms with van der Waals surface area (Å²) in [5.41, 5.74) is 0. The summed E-state index contributed by atoms with van der Waals surface area (Å²) in [6.07, 6.45) is 0. The van der Waals surface area contributed by atoms with Crippen LogP contribution in [0.1, 0.15) is 6.92 Å². The van der Waals surface area contributed by atoms with Crippen LogP contribution in [0.4, 0.5) is 0 Å². The third kappa shape index (κ3) is 2.26. The maximum Gasteiger partial charge on any atom is 0.193 e. The van der Waals surface area contributed by atoms with Crippen molar-refractivity contribution in [1.82, 2.24) is 0 Å². The van der Waals surface area contributed by atoms with Crippen LogP contribution in [0.5, 0.6) is 0 Å². The molecule has 0 N–H and O–H groups in total. The maximum atomic E-state index is 5.21. The van der Waals surface area contributed by atoms with Crippen LogP contribution >= 0.6 is 11.8 Å². The van der Waals surface area contributed by atoms with Gasteiger partial charge in [-0.2, -0.15) is 11.8 Å². The molecule has 0 aromatic rings. The number of thioether (sulfide) groups is 1. The minimum Gasteiger partial charge on any atom is -0.481 e. The first kappa shape index (κ1) is 6.93. The van der Waals surface area contributed by atoms with Gasteiger partial charge in [0.15, 0.2) is 5.90 Å². The highest BCUT2D eigenvalue weighted by Crippen LogP contribution is 2.06. The molecule has 0 aliphatic carbocycles. The molecule has 1 rings (SSSR count). The van der Waals surface area contributed by atoms with Gasteiger partial charge in [0.05, 0.1) is 18.9 Å². The average molecular weight is 145 g/mol. The molecule has 0 aromatic carbocycles. The van der Waals surface area contributed by atoms with Crippen molar-refractivity contribution >= 4 is 17.7 Å². The lowest BCUT2D eigenvalue weighted by Crippen LogP contribution is -2.13. The topological polar surface area (TPSA) is 21.6 Å². The summed E-state index contributed by atoms with van der Waals surface area (Å²) in [6, 6.07) is 0. The molecule has 0 saturated carbocycles. The van der Waals surface area contributed by atoms with Gasteiger partial charge in [-0.05, 0) is 6.92 Å². The first-order valence-corrected chi connectivity index (χ1v) is 4.33. The van der Waals surface area contributed by atoms with Crippen molar-refractivity contribution in [3.8, 4) is 0 Å². The molecular weight excluding hydrogens is 134 g/mol. The molecule has 1 aliphatic heterocycles. The number of rotatable bonds is 1. The number of nitrogens with zero attached hydrogens (tertiary/aromatic N) is 1. The van der Waals surface area contributed by atoms with Crippen molar-refractivity contribution in [2.24, 2.45) is 4.99 Å². The molecule has 0 bridgehead atoms. The van der Waals surface area contributed by atoms with E-state index in [1.807, 2.05) is 18.7 Å². The molecule has 0 atom stereocenters. The Hall–Kier alpha value is -0.180. The van der Waals surface area contributed by atoms with Crippen LogP contribution in [-0.4, -0.2) is 30.6 Å². The van der Waals surface area contributed by atoms with Gasteiger partial charge in [0.1, 0.15) is 0 Å². The van der Waals surface area contributed by atoms with Crippen LogP contribution in [0.3, 0.4) is 0 Å². The minimum absolute atomic E-state index is 0.749. The van der Waals surface area contributed by atoms with E-state index in [1.165, 1.54) is 0 Å². The normalized spacial score (nSPS) is 19.0. The van der Waals surface area contributed by atoms with E-state index in [4.69, 9.17) is 4.74 Å². The van der Waals surface area contributed by atoms with E-state index in [0.717, 1.165) is 30.6 Å². The Labute approximate surface area is 59.7 Å². The zero-order valence-electron chi connectivity index (χ0n) is 5.59. The van der Waals surface area contributed by atoms with Gasteiger partial charge in [-0.1, -0.05) is 0 Å². The molecule has 3 heteroatoms. The van der Waals surface area contributed by atoms with Crippen LogP contribution in [0.2, 0.25) is 0 Å². The first-order valence-electron chi connectivity index (χ1n) is 3.17. The predicted octanol–water partition coefficient (Wildman–Crippen LogP) is 1.17. The van der Waals surface area contributed by atoms with Crippen LogP contribution < -0.4 is 0 Å². The smallest absolute Gasteiger partial charge is 0.193 e. The summed E-state index contributed by atoms with van der Waals surface area (Å²) in [4.78, 5) is 4.19. The summed E-state index contributed by atoms with van der Waals surface area (Å²) < 4.78 is 5.21. The molecule has 0 aromatic heterocycles. The Balaban J connectivity index is 2.28. The number of ether oxygens (including phenoxy) is 1. The molecule has 52 valence electrons. The second kappa shape index (κ2) is 3.77. The van der Waals surface area contributed by atoms with Gasteiger partial charge in [-0.25, -0.2) is 0 Å². The van der Waals surface area contributed by atoms with E-state index in [-0.39, 0.29) is 0 Å². The van der Waals surface area contributed by atoms with Gasteiger partial charge in [0.2, 0.25) is 0 Å². The van der Waals surface area contributed by atoms with Gasteiger partial charge in [0.25, 0.3) is 0 Å². The third-order valence-electron chi connectivity index (χ3n) is 1.06. The largest absolute Gasteiger partial charge is 0.481 e. The number of aliphatic imine (C=N–C) groups is 1. The molecule has 2 nitrogen and oxygen atoms in total. The van der Waals surface area contributed by atoms with Crippen LogP contribution in [0.15, 0.2) is 4.99 Å². The van der Waals surface area contributed by atoms with Gasteiger partial charge >= 0.3 is 0 Å². The molecule has 0 spiro atoms. The monoisotopic (exact) mass is 145 g/mol. The molecule has 0 radical (unpaired) electrons. The molecule has 1 aliphatic rings. The van der Waals surface area contributed by atoms with Gasteiger partial charge in [0, 0.05) is 5.75 Å². The summed E-state index contributed by atoms with van der Waals surface area (Å²) in [7, 11) is 0. The fourth-order valence-corrected chi connectivity index (χ4v) is 1.41. The van der Waals surface area contributed by atoms with Gasteiger partial charge in [-0.3, -0.25) is 4.99 Å². The van der Waals surface area contributed by atoms with E-state index in [0.29, 0.717) is 0 Å². The van der Waals surface area contributed by atoms with Crippen molar-refractivity contribution in [2.45, 2.75) is 6.92 Å². The summed E-state index contributed by atoms with van der Waals surface area (Å²) >= 11 is 1.89. The molecule has 0 amide bonds. The molecule has 1 heterocycles. The van der Waals surface area contributed by atoms with E-state index < -0.39 is 0 Å². The standard InChI is InChI=1S/C6H11NOS/c1-2-8-6-5-9-4-3-7-6/h2-5H2,1H3. The van der Waals surface area contributed by atoms with E-state index in [9.17, 15) is 0 Å². The molecule has 0 unspecified atom stereocenters. The van der Waals surface area contributed by atoms with Crippen molar-refractivity contribution in [3.05, 3.63) is 0 Å². The Kier molecular flexibility index (Phi) is 2.91. The SMILES string of the molecule is CCOC1=NCCSC1. The molecular formula is C6H11NOS. The summed E-state index contributed by atoms with van der Waals surface area (Å²) in [6.45, 7) is 3.67. The lowest BCUT2D eigenvalue weighted by atomic mass is 10.6. The van der Waals surface area contributed by atoms with Crippen molar-refractivity contribution < 1.29 is 4.74 Å². The van der Waals surface area contributed by atoms with Crippen LogP contribution in [0, 0.1) is 0 Å². The second-order valence-corrected chi connectivity index (χ2v) is 2.87. The summed E-state index contributed by atoms with van der Waals surface area (Å²) in [5.74, 6) is 3.04. The lowest BCUT2D eigenvalue weighted by Gasteiger charge is -2.10. The maximum absolute atomic E-state index is 5.21. The zero-order chi connectivity index (χ0) is 6.53. The highest BCUT2D eigenvalue weighted by molar-refractivity contribution is 8.00. The fraction of sp³-hybridized carbons (Fsp3) is 0.833. The Morgan fingerprint density at radius 2 is 2.67 bits per heavy atom. The molecule has 0 saturated heterocycles. The van der Waals surface area contributed by atoms with E-state index >= 15 is 0 Å². The van der Waals surface area contributed by atoms with Gasteiger partial charge in [-0.15, -0.1) is 0 Å². The first-order chi connectivity index (χ1) is 4.43. The predicted molar refractivity (Wildman–Crippen MR) is 41.3 cm³/mol. The highest BCUT2D eigenvalue weighted by atomic mass is 32.2. The number of hydrogen-bond acceptors (Lipinski definition) is 3. The third-order valence-corrected chi connectivity index (χ3v) is 1.98. The Bertz CT molecular complexity index is 114. The number of hydrogen-bond donors (Lipinski definition) is 0. The minimum atomic E-state index is 0.749.